The lowest BCUT2D eigenvalue weighted by Crippen LogP contribution is -2.06. The molecular formula is C23H31NO2S. The highest BCUT2D eigenvalue weighted by Crippen LogP contribution is 2.31. The first-order valence-electron chi connectivity index (χ1n) is 10.0. The van der Waals surface area contributed by atoms with Gasteiger partial charge in [0.1, 0.15) is 5.75 Å². The molecule has 0 aliphatic heterocycles. The molecule has 0 radical (unpaired) electrons. The van der Waals surface area contributed by atoms with Crippen LogP contribution >= 0.6 is 11.8 Å². The molecule has 27 heavy (non-hydrogen) atoms. The van der Waals surface area contributed by atoms with Gasteiger partial charge in [0.15, 0.2) is 0 Å². The first-order valence-corrected chi connectivity index (χ1v) is 10.9. The van der Waals surface area contributed by atoms with E-state index in [1.54, 1.807) is 11.8 Å². The normalized spacial score (nSPS) is 10.6. The molecule has 3 nitrogen and oxygen atoms in total. The van der Waals surface area contributed by atoms with Crippen LogP contribution in [0.4, 0.5) is 5.69 Å². The molecule has 2 aromatic rings. The monoisotopic (exact) mass is 385 g/mol. The fourth-order valence-electron chi connectivity index (χ4n) is 2.75. The Morgan fingerprint density at radius 2 is 1.67 bits per heavy atom. The second-order valence-electron chi connectivity index (χ2n) is 6.67. The third kappa shape index (κ3) is 8.53. The van der Waals surface area contributed by atoms with Gasteiger partial charge in [0, 0.05) is 28.4 Å². The Kier molecular flexibility index (Phi) is 9.85. The molecule has 0 amide bonds. The van der Waals surface area contributed by atoms with Crippen LogP contribution in [-0.4, -0.2) is 12.5 Å². The van der Waals surface area contributed by atoms with Gasteiger partial charge in [-0.25, -0.2) is 0 Å². The molecule has 0 heterocycles. The van der Waals surface area contributed by atoms with Crippen LogP contribution in [0.25, 0.3) is 0 Å². The number of anilines is 1. The quantitative estimate of drug-likeness (QED) is 0.244. The number of ether oxygens (including phenoxy) is 1. The van der Waals surface area contributed by atoms with Crippen molar-refractivity contribution in [2.75, 3.05) is 11.9 Å². The zero-order valence-corrected chi connectivity index (χ0v) is 17.3. The number of unbranched alkanes of at least 4 members (excludes halogenated alkanes) is 4. The van der Waals surface area contributed by atoms with E-state index in [-0.39, 0.29) is 5.97 Å². The Labute approximate surface area is 167 Å². The Bertz CT molecular complexity index is 702. The molecule has 0 fully saturated rings. The van der Waals surface area contributed by atoms with Gasteiger partial charge in [0.2, 0.25) is 0 Å². The summed E-state index contributed by atoms with van der Waals surface area (Å²) < 4.78 is 5.39. The van der Waals surface area contributed by atoms with Crippen LogP contribution in [0.1, 0.15) is 58.8 Å². The lowest BCUT2D eigenvalue weighted by molar-refractivity contribution is -0.134. The maximum absolute atomic E-state index is 11.7. The van der Waals surface area contributed by atoms with Crippen molar-refractivity contribution in [3.8, 4) is 5.75 Å². The number of esters is 1. The lowest BCUT2D eigenvalue weighted by atomic mass is 10.1. The molecule has 146 valence electrons. The van der Waals surface area contributed by atoms with Gasteiger partial charge in [0.05, 0.1) is 0 Å². The van der Waals surface area contributed by atoms with E-state index in [9.17, 15) is 4.79 Å². The molecule has 0 atom stereocenters. The third-order valence-corrected chi connectivity index (χ3v) is 5.15. The summed E-state index contributed by atoms with van der Waals surface area (Å²) in [5.74, 6) is 0.435. The maximum Gasteiger partial charge on any atom is 0.311 e. The van der Waals surface area contributed by atoms with E-state index in [1.165, 1.54) is 37.0 Å². The van der Waals surface area contributed by atoms with E-state index < -0.39 is 0 Å². The number of carbonyl (C=O) groups is 1. The van der Waals surface area contributed by atoms with Crippen molar-refractivity contribution in [2.45, 2.75) is 68.6 Å². The van der Waals surface area contributed by atoms with Crippen molar-refractivity contribution in [3.05, 3.63) is 48.5 Å². The fraction of sp³-hybridized carbons (Fsp3) is 0.435. The first-order chi connectivity index (χ1) is 13.2. The summed E-state index contributed by atoms with van der Waals surface area (Å²) in [6.07, 6.45) is 7.69. The van der Waals surface area contributed by atoms with Gasteiger partial charge in [-0.05, 0) is 49.2 Å². The number of carbonyl (C=O) groups excluding carboxylic acids is 1. The van der Waals surface area contributed by atoms with E-state index >= 15 is 0 Å². The molecule has 0 aliphatic carbocycles. The van der Waals surface area contributed by atoms with Crippen molar-refractivity contribution in [3.63, 3.8) is 0 Å². The average molecular weight is 386 g/mol. The highest BCUT2D eigenvalue weighted by atomic mass is 32.2. The predicted octanol–water partition coefficient (Wildman–Crippen LogP) is 6.93. The van der Waals surface area contributed by atoms with Gasteiger partial charge in [-0.2, -0.15) is 0 Å². The Hall–Kier alpha value is -1.94. The summed E-state index contributed by atoms with van der Waals surface area (Å²) in [5, 5.41) is 3.52. The smallest absolute Gasteiger partial charge is 0.311 e. The van der Waals surface area contributed by atoms with Gasteiger partial charge in [-0.1, -0.05) is 63.4 Å². The molecule has 0 aliphatic rings. The molecule has 2 rings (SSSR count). The van der Waals surface area contributed by atoms with Crippen molar-refractivity contribution < 1.29 is 9.53 Å². The SMILES string of the molecule is CCCCCCCNc1cccc(Sc2cccc(OC(=O)CCC)c2)c1. The fourth-order valence-corrected chi connectivity index (χ4v) is 3.68. The largest absolute Gasteiger partial charge is 0.426 e. The minimum absolute atomic E-state index is 0.176. The summed E-state index contributed by atoms with van der Waals surface area (Å²) in [7, 11) is 0. The van der Waals surface area contributed by atoms with Gasteiger partial charge >= 0.3 is 5.97 Å². The van der Waals surface area contributed by atoms with Gasteiger partial charge in [-0.15, -0.1) is 0 Å². The number of nitrogens with one attached hydrogen (secondary N) is 1. The Morgan fingerprint density at radius 1 is 0.926 bits per heavy atom. The highest BCUT2D eigenvalue weighted by Gasteiger charge is 2.05. The van der Waals surface area contributed by atoms with E-state index in [4.69, 9.17) is 4.74 Å². The second kappa shape index (κ2) is 12.4. The highest BCUT2D eigenvalue weighted by molar-refractivity contribution is 7.99. The Morgan fingerprint density at radius 3 is 2.44 bits per heavy atom. The van der Waals surface area contributed by atoms with Crippen LogP contribution in [0.3, 0.4) is 0 Å². The molecule has 0 saturated carbocycles. The number of hydrogen-bond acceptors (Lipinski definition) is 4. The molecule has 0 saturated heterocycles. The lowest BCUT2D eigenvalue weighted by Gasteiger charge is -2.09. The van der Waals surface area contributed by atoms with Gasteiger partial charge in [-0.3, -0.25) is 4.79 Å². The van der Waals surface area contributed by atoms with Gasteiger partial charge < -0.3 is 10.1 Å². The average Bonchev–Trinajstić information content (AvgIpc) is 2.65. The van der Waals surface area contributed by atoms with E-state index in [1.807, 2.05) is 31.2 Å². The van der Waals surface area contributed by atoms with Crippen molar-refractivity contribution >= 4 is 23.4 Å². The Balaban J connectivity index is 1.87. The summed E-state index contributed by atoms with van der Waals surface area (Å²) in [5.41, 5.74) is 1.15. The van der Waals surface area contributed by atoms with E-state index in [0.717, 1.165) is 23.5 Å². The van der Waals surface area contributed by atoms with Crippen molar-refractivity contribution in [2.24, 2.45) is 0 Å². The third-order valence-electron chi connectivity index (χ3n) is 4.17. The van der Waals surface area contributed by atoms with Crippen LogP contribution in [0.15, 0.2) is 58.3 Å². The molecule has 1 N–H and O–H groups in total. The zero-order valence-electron chi connectivity index (χ0n) is 16.5. The molecule has 0 unspecified atom stereocenters. The number of rotatable bonds is 12. The molecule has 0 spiro atoms. The van der Waals surface area contributed by atoms with Crippen LogP contribution in [0, 0.1) is 0 Å². The summed E-state index contributed by atoms with van der Waals surface area (Å²) in [4.78, 5) is 13.9. The molecule has 2 aromatic carbocycles. The zero-order chi connectivity index (χ0) is 19.3. The standard InChI is InChI=1S/C23H31NO2S/c1-3-5-6-7-8-16-24-19-12-9-14-21(17-19)27-22-15-10-13-20(18-22)26-23(25)11-4-2/h9-10,12-15,17-18,24H,3-8,11,16H2,1-2H3. The predicted molar refractivity (Wildman–Crippen MR) is 115 cm³/mol. The maximum atomic E-state index is 11.7. The minimum atomic E-state index is -0.176. The van der Waals surface area contributed by atoms with Crippen LogP contribution < -0.4 is 10.1 Å². The van der Waals surface area contributed by atoms with E-state index in [0.29, 0.717) is 12.2 Å². The molecule has 0 aromatic heterocycles. The van der Waals surface area contributed by atoms with Gasteiger partial charge in [0.25, 0.3) is 0 Å². The van der Waals surface area contributed by atoms with Crippen molar-refractivity contribution in [1.29, 1.82) is 0 Å². The number of benzene rings is 2. The minimum Gasteiger partial charge on any atom is -0.426 e. The van der Waals surface area contributed by atoms with Crippen LogP contribution in [-0.2, 0) is 4.79 Å². The summed E-state index contributed by atoms with van der Waals surface area (Å²) in [6, 6.07) is 16.2. The molecule has 0 bridgehead atoms. The van der Waals surface area contributed by atoms with Crippen LogP contribution in [0.2, 0.25) is 0 Å². The topological polar surface area (TPSA) is 38.3 Å². The molecule has 4 heteroatoms. The second-order valence-corrected chi connectivity index (χ2v) is 7.82. The van der Waals surface area contributed by atoms with Crippen LogP contribution in [0.5, 0.6) is 5.75 Å². The molecular weight excluding hydrogens is 354 g/mol. The van der Waals surface area contributed by atoms with Crippen molar-refractivity contribution in [1.82, 2.24) is 0 Å². The first kappa shape index (κ1) is 21.4. The summed E-state index contributed by atoms with van der Waals surface area (Å²) in [6.45, 7) is 5.23. The number of hydrogen-bond donors (Lipinski definition) is 1. The van der Waals surface area contributed by atoms with E-state index in [2.05, 4.69) is 36.5 Å². The summed E-state index contributed by atoms with van der Waals surface area (Å²) >= 11 is 1.68.